The SMILES string of the molecule is O=C(CCc1ccncc1)C1CCCOC1. The van der Waals surface area contributed by atoms with Crippen molar-refractivity contribution >= 4 is 5.78 Å². The highest BCUT2D eigenvalue weighted by atomic mass is 16.5. The number of ketones is 1. The van der Waals surface area contributed by atoms with Crippen molar-refractivity contribution in [3.05, 3.63) is 30.1 Å². The Morgan fingerprint density at radius 3 is 2.94 bits per heavy atom. The van der Waals surface area contributed by atoms with Crippen molar-refractivity contribution in [1.82, 2.24) is 4.98 Å². The maximum atomic E-state index is 11.9. The summed E-state index contributed by atoms with van der Waals surface area (Å²) < 4.78 is 5.32. The average molecular weight is 219 g/mol. The van der Waals surface area contributed by atoms with E-state index in [1.807, 2.05) is 12.1 Å². The lowest BCUT2D eigenvalue weighted by Gasteiger charge is -2.20. The topological polar surface area (TPSA) is 39.2 Å². The minimum Gasteiger partial charge on any atom is -0.381 e. The molecule has 0 amide bonds. The van der Waals surface area contributed by atoms with Crippen LogP contribution in [0.3, 0.4) is 0 Å². The largest absolute Gasteiger partial charge is 0.381 e. The molecular formula is C13H17NO2. The molecule has 1 aliphatic heterocycles. The van der Waals surface area contributed by atoms with E-state index in [9.17, 15) is 4.79 Å². The van der Waals surface area contributed by atoms with Crippen molar-refractivity contribution in [2.45, 2.75) is 25.7 Å². The van der Waals surface area contributed by atoms with Gasteiger partial charge in [0.1, 0.15) is 5.78 Å². The summed E-state index contributed by atoms with van der Waals surface area (Å²) in [6.07, 6.45) is 6.99. The van der Waals surface area contributed by atoms with Crippen molar-refractivity contribution in [3.8, 4) is 0 Å². The number of carbonyl (C=O) groups is 1. The lowest BCUT2D eigenvalue weighted by molar-refractivity contribution is -0.126. The first-order chi connectivity index (χ1) is 7.86. The Kier molecular flexibility index (Phi) is 4.05. The van der Waals surface area contributed by atoms with Gasteiger partial charge >= 0.3 is 0 Å². The molecule has 0 saturated carbocycles. The maximum absolute atomic E-state index is 11.9. The van der Waals surface area contributed by atoms with E-state index in [4.69, 9.17) is 4.74 Å². The van der Waals surface area contributed by atoms with Crippen LogP contribution in [0.5, 0.6) is 0 Å². The molecule has 0 aromatic carbocycles. The van der Waals surface area contributed by atoms with Gasteiger partial charge < -0.3 is 4.74 Å². The zero-order valence-corrected chi connectivity index (χ0v) is 9.39. The van der Waals surface area contributed by atoms with Gasteiger partial charge in [-0.25, -0.2) is 0 Å². The second-order valence-electron chi connectivity index (χ2n) is 4.24. The van der Waals surface area contributed by atoms with Crippen LogP contribution in [0.4, 0.5) is 0 Å². The summed E-state index contributed by atoms with van der Waals surface area (Å²) in [5, 5.41) is 0. The molecule has 0 aliphatic carbocycles. The molecule has 1 fully saturated rings. The number of nitrogens with zero attached hydrogens (tertiary/aromatic N) is 1. The molecule has 16 heavy (non-hydrogen) atoms. The van der Waals surface area contributed by atoms with Crippen LogP contribution in [0.25, 0.3) is 0 Å². The van der Waals surface area contributed by atoms with E-state index in [1.54, 1.807) is 12.4 Å². The highest BCUT2D eigenvalue weighted by Gasteiger charge is 2.20. The molecule has 0 radical (unpaired) electrons. The van der Waals surface area contributed by atoms with Gasteiger partial charge in [-0.3, -0.25) is 9.78 Å². The molecule has 2 heterocycles. The fourth-order valence-electron chi connectivity index (χ4n) is 2.02. The van der Waals surface area contributed by atoms with E-state index in [1.165, 1.54) is 5.56 Å². The van der Waals surface area contributed by atoms with E-state index in [0.29, 0.717) is 18.8 Å². The lowest BCUT2D eigenvalue weighted by atomic mass is 9.93. The molecule has 1 saturated heterocycles. The summed E-state index contributed by atoms with van der Waals surface area (Å²) in [6.45, 7) is 1.43. The number of aromatic nitrogens is 1. The van der Waals surface area contributed by atoms with Crippen molar-refractivity contribution in [2.24, 2.45) is 5.92 Å². The molecule has 1 aromatic rings. The number of hydrogen-bond acceptors (Lipinski definition) is 3. The molecule has 86 valence electrons. The van der Waals surface area contributed by atoms with Gasteiger partial charge in [-0.15, -0.1) is 0 Å². The predicted molar refractivity (Wildman–Crippen MR) is 61.1 cm³/mol. The number of hydrogen-bond donors (Lipinski definition) is 0. The maximum Gasteiger partial charge on any atom is 0.138 e. The van der Waals surface area contributed by atoms with Crippen LogP contribution >= 0.6 is 0 Å². The molecule has 1 aromatic heterocycles. The van der Waals surface area contributed by atoms with Gasteiger partial charge in [-0.2, -0.15) is 0 Å². The Balaban J connectivity index is 1.79. The van der Waals surface area contributed by atoms with Crippen LogP contribution in [0.15, 0.2) is 24.5 Å². The Hall–Kier alpha value is -1.22. The van der Waals surface area contributed by atoms with Crippen LogP contribution in [-0.4, -0.2) is 24.0 Å². The molecule has 3 nitrogen and oxygen atoms in total. The normalized spacial score (nSPS) is 20.6. The molecular weight excluding hydrogens is 202 g/mol. The summed E-state index contributed by atoms with van der Waals surface area (Å²) in [5.74, 6) is 0.479. The predicted octanol–water partition coefficient (Wildman–Crippen LogP) is 2.01. The van der Waals surface area contributed by atoms with Gasteiger partial charge in [-0.05, 0) is 37.0 Å². The molecule has 0 N–H and O–H groups in total. The first kappa shape index (κ1) is 11.3. The van der Waals surface area contributed by atoms with Gasteiger partial charge in [0.15, 0.2) is 0 Å². The highest BCUT2D eigenvalue weighted by Crippen LogP contribution is 2.17. The van der Waals surface area contributed by atoms with Crippen molar-refractivity contribution in [1.29, 1.82) is 0 Å². The fourth-order valence-corrected chi connectivity index (χ4v) is 2.02. The molecule has 1 unspecified atom stereocenters. The minimum atomic E-state index is 0.135. The molecule has 1 atom stereocenters. The van der Waals surface area contributed by atoms with Crippen LogP contribution in [0, 0.1) is 5.92 Å². The number of rotatable bonds is 4. The Morgan fingerprint density at radius 1 is 1.44 bits per heavy atom. The number of carbonyl (C=O) groups excluding carboxylic acids is 1. The van der Waals surface area contributed by atoms with Crippen LogP contribution < -0.4 is 0 Å². The van der Waals surface area contributed by atoms with E-state index in [-0.39, 0.29) is 5.92 Å². The number of Topliss-reactive ketones (excluding diaryl/α,β-unsaturated/α-hetero) is 1. The average Bonchev–Trinajstić information content (AvgIpc) is 2.38. The summed E-state index contributed by atoms with van der Waals surface area (Å²) in [7, 11) is 0. The van der Waals surface area contributed by atoms with Crippen molar-refractivity contribution in [3.63, 3.8) is 0 Å². The van der Waals surface area contributed by atoms with Gasteiger partial charge in [0.2, 0.25) is 0 Å². The third kappa shape index (κ3) is 3.14. The Bertz CT molecular complexity index is 331. The number of pyridine rings is 1. The summed E-state index contributed by atoms with van der Waals surface area (Å²) in [4.78, 5) is 15.8. The van der Waals surface area contributed by atoms with Crippen LogP contribution in [0.2, 0.25) is 0 Å². The quantitative estimate of drug-likeness (QED) is 0.777. The molecule has 3 heteroatoms. The number of aryl methyl sites for hydroxylation is 1. The van der Waals surface area contributed by atoms with Gasteiger partial charge in [0, 0.05) is 31.3 Å². The van der Waals surface area contributed by atoms with Crippen LogP contribution in [-0.2, 0) is 16.0 Å². The third-order valence-corrected chi connectivity index (χ3v) is 3.03. The zero-order chi connectivity index (χ0) is 11.2. The summed E-state index contributed by atoms with van der Waals surface area (Å²) >= 11 is 0. The van der Waals surface area contributed by atoms with Gasteiger partial charge in [0.25, 0.3) is 0 Å². The summed E-state index contributed by atoms with van der Waals surface area (Å²) in [6, 6.07) is 3.93. The van der Waals surface area contributed by atoms with Gasteiger partial charge in [-0.1, -0.05) is 0 Å². The second kappa shape index (κ2) is 5.75. The third-order valence-electron chi connectivity index (χ3n) is 3.03. The van der Waals surface area contributed by atoms with E-state index < -0.39 is 0 Å². The van der Waals surface area contributed by atoms with Crippen molar-refractivity contribution < 1.29 is 9.53 Å². The van der Waals surface area contributed by atoms with Gasteiger partial charge in [0.05, 0.1) is 6.61 Å². The summed E-state index contributed by atoms with van der Waals surface area (Å²) in [5.41, 5.74) is 1.18. The van der Waals surface area contributed by atoms with E-state index in [2.05, 4.69) is 4.98 Å². The van der Waals surface area contributed by atoms with E-state index >= 15 is 0 Å². The smallest absolute Gasteiger partial charge is 0.138 e. The van der Waals surface area contributed by atoms with Crippen LogP contribution in [0.1, 0.15) is 24.8 Å². The Labute approximate surface area is 95.8 Å². The number of ether oxygens (including phenoxy) is 1. The zero-order valence-electron chi connectivity index (χ0n) is 9.39. The Morgan fingerprint density at radius 2 is 2.25 bits per heavy atom. The fraction of sp³-hybridized carbons (Fsp3) is 0.538. The van der Waals surface area contributed by atoms with E-state index in [0.717, 1.165) is 25.9 Å². The molecule has 0 spiro atoms. The minimum absolute atomic E-state index is 0.135. The monoisotopic (exact) mass is 219 g/mol. The standard InChI is InChI=1S/C13H17NO2/c15-13(12-2-1-9-16-10-12)4-3-11-5-7-14-8-6-11/h5-8,12H,1-4,9-10H2. The first-order valence-electron chi connectivity index (χ1n) is 5.85. The lowest BCUT2D eigenvalue weighted by Crippen LogP contribution is -2.25. The van der Waals surface area contributed by atoms with Crippen molar-refractivity contribution in [2.75, 3.05) is 13.2 Å². The first-order valence-corrected chi connectivity index (χ1v) is 5.85. The molecule has 0 bridgehead atoms. The molecule has 2 rings (SSSR count). The highest BCUT2D eigenvalue weighted by molar-refractivity contribution is 5.81. The second-order valence-corrected chi connectivity index (χ2v) is 4.24. The molecule has 1 aliphatic rings.